The minimum Gasteiger partial charge on any atom is -0.462 e. The largest absolute Gasteiger partial charge is 0.462 e. The Hall–Kier alpha value is -2.95. The van der Waals surface area contributed by atoms with Gasteiger partial charge in [-0.05, 0) is 76.6 Å². The molecule has 0 radical (unpaired) electrons. The molecule has 48 heavy (non-hydrogen) atoms. The van der Waals surface area contributed by atoms with Gasteiger partial charge in [-0.1, -0.05) is 60.7 Å². The van der Waals surface area contributed by atoms with E-state index in [4.69, 9.17) is 27.0 Å². The summed E-state index contributed by atoms with van der Waals surface area (Å²) in [4.78, 5) is 29.6. The van der Waals surface area contributed by atoms with Gasteiger partial charge in [-0.2, -0.15) is 8.42 Å². The molecule has 4 aliphatic rings. The second kappa shape index (κ2) is 18.2. The van der Waals surface area contributed by atoms with E-state index in [0.29, 0.717) is 24.2 Å². The lowest BCUT2D eigenvalue weighted by Gasteiger charge is -2.36. The summed E-state index contributed by atoms with van der Waals surface area (Å²) in [5, 5.41) is 19.1. The molecule has 4 saturated heterocycles. The third kappa shape index (κ3) is 11.0. The average molecular weight is 695 g/mol. The summed E-state index contributed by atoms with van der Waals surface area (Å²) < 4.78 is 43.0. The van der Waals surface area contributed by atoms with Crippen molar-refractivity contribution in [3.05, 3.63) is 71.8 Å². The van der Waals surface area contributed by atoms with Gasteiger partial charge in [0, 0.05) is 24.2 Å². The maximum atomic E-state index is 12.4. The van der Waals surface area contributed by atoms with Gasteiger partial charge in [0.15, 0.2) is 0 Å². The van der Waals surface area contributed by atoms with Crippen LogP contribution >= 0.6 is 0 Å². The SMILES string of the molecule is CN1[C@@H]2CC[C@@H]1CC(OC(=O)[C@@H](CO)c1ccccc1)C2.CN1[C@@H]2CC[C@@H]1CC(OC(=O)[C@@H](CO)c1ccccc1)C2.O.O=S(=O)(O)O. The third-order valence-electron chi connectivity index (χ3n) is 10.0. The number of carbonyl (C=O) groups is 2. The summed E-state index contributed by atoms with van der Waals surface area (Å²) in [5.41, 5.74) is 1.64. The molecule has 4 bridgehead atoms. The van der Waals surface area contributed by atoms with Crippen molar-refractivity contribution in [3.8, 4) is 0 Å². The van der Waals surface area contributed by atoms with E-state index in [2.05, 4.69) is 23.9 Å². The molecule has 0 aliphatic carbocycles. The molecule has 6 atom stereocenters. The van der Waals surface area contributed by atoms with E-state index in [1.54, 1.807) is 0 Å². The number of ether oxygens (including phenoxy) is 2. The number of hydrogen-bond acceptors (Lipinski definition) is 10. The molecule has 0 unspecified atom stereocenters. The van der Waals surface area contributed by atoms with Gasteiger partial charge in [0.25, 0.3) is 0 Å². The fourth-order valence-electron chi connectivity index (χ4n) is 7.41. The van der Waals surface area contributed by atoms with Crippen molar-refractivity contribution in [2.75, 3.05) is 27.3 Å². The number of esters is 2. The Balaban J connectivity index is 0.000000225. The first-order valence-electron chi connectivity index (χ1n) is 16.2. The number of piperidine rings is 2. The predicted molar refractivity (Wildman–Crippen MR) is 178 cm³/mol. The number of rotatable bonds is 8. The van der Waals surface area contributed by atoms with Crippen molar-refractivity contribution in [2.45, 2.75) is 99.6 Å². The number of hydrogen-bond donors (Lipinski definition) is 4. The smallest absolute Gasteiger partial charge is 0.394 e. The molecule has 4 fully saturated rings. The van der Waals surface area contributed by atoms with Crippen LogP contribution in [0.3, 0.4) is 0 Å². The summed E-state index contributed by atoms with van der Waals surface area (Å²) >= 11 is 0. The molecule has 2 aromatic rings. The molecule has 4 aliphatic heterocycles. The second-order valence-electron chi connectivity index (χ2n) is 12.9. The van der Waals surface area contributed by atoms with Crippen LogP contribution < -0.4 is 0 Å². The molecule has 4 heterocycles. The molecule has 6 N–H and O–H groups in total. The van der Waals surface area contributed by atoms with E-state index < -0.39 is 22.2 Å². The first-order valence-corrected chi connectivity index (χ1v) is 17.6. The molecule has 0 aromatic heterocycles. The lowest BCUT2D eigenvalue weighted by Crippen LogP contribution is -2.43. The highest BCUT2D eigenvalue weighted by Gasteiger charge is 2.41. The van der Waals surface area contributed by atoms with Gasteiger partial charge in [0.2, 0.25) is 0 Å². The van der Waals surface area contributed by atoms with E-state index >= 15 is 0 Å². The van der Waals surface area contributed by atoms with E-state index in [-0.39, 0.29) is 42.8 Å². The van der Waals surface area contributed by atoms with Crippen LogP contribution in [0.1, 0.15) is 74.3 Å². The Morgan fingerprint density at radius 1 is 0.667 bits per heavy atom. The van der Waals surface area contributed by atoms with Gasteiger partial charge in [-0.3, -0.25) is 18.7 Å². The minimum atomic E-state index is -4.67. The van der Waals surface area contributed by atoms with E-state index in [1.807, 2.05) is 60.7 Å². The Labute approximate surface area is 282 Å². The first-order chi connectivity index (χ1) is 22.4. The molecule has 14 heteroatoms. The number of benzene rings is 2. The monoisotopic (exact) mass is 694 g/mol. The van der Waals surface area contributed by atoms with Crippen LogP contribution in [0.5, 0.6) is 0 Å². The highest BCUT2D eigenvalue weighted by Crippen LogP contribution is 2.37. The van der Waals surface area contributed by atoms with Crippen molar-refractivity contribution in [1.82, 2.24) is 9.80 Å². The fraction of sp³-hybridized carbons (Fsp3) is 0.588. The third-order valence-corrected chi connectivity index (χ3v) is 10.0. The van der Waals surface area contributed by atoms with Gasteiger partial charge in [-0.25, -0.2) is 0 Å². The highest BCUT2D eigenvalue weighted by molar-refractivity contribution is 7.79. The fourth-order valence-corrected chi connectivity index (χ4v) is 7.41. The van der Waals surface area contributed by atoms with Crippen LogP contribution in [0.2, 0.25) is 0 Å². The molecule has 0 saturated carbocycles. The topological polar surface area (TPSA) is 206 Å². The summed E-state index contributed by atoms with van der Waals surface area (Å²) in [6, 6.07) is 20.9. The number of nitrogens with zero attached hydrogens (tertiary/aromatic N) is 2. The summed E-state index contributed by atoms with van der Waals surface area (Å²) in [6.45, 7) is -0.412. The lowest BCUT2D eigenvalue weighted by molar-refractivity contribution is -0.156. The van der Waals surface area contributed by atoms with Gasteiger partial charge in [-0.15, -0.1) is 0 Å². The molecule has 0 spiro atoms. The second-order valence-corrected chi connectivity index (χ2v) is 13.8. The zero-order chi connectivity index (χ0) is 34.1. The number of fused-ring (bicyclic) bond motifs is 4. The standard InChI is InChI=1S/2C17H23NO3.H2O4S.H2O/c2*1-18-13-7-8-14(18)10-15(9-13)21-17(20)16(11-19)12-5-3-2-4-6-12;1-5(2,3)4;/h2*2-6,13-16,19H,7-11H2,1H3;(H2,1,2,3,4);1H2/t2*13-,14-,16+;;/m11../s1. The molecule has 0 amide bonds. The minimum absolute atomic E-state index is 0. The lowest BCUT2D eigenvalue weighted by atomic mass is 9.98. The zero-order valence-corrected chi connectivity index (χ0v) is 28.3. The highest BCUT2D eigenvalue weighted by atomic mass is 32.3. The van der Waals surface area contributed by atoms with Crippen molar-refractivity contribution < 1.29 is 52.3 Å². The van der Waals surface area contributed by atoms with Gasteiger partial charge < -0.3 is 35.0 Å². The van der Waals surface area contributed by atoms with Gasteiger partial charge in [0.05, 0.1) is 13.2 Å². The van der Waals surface area contributed by atoms with Crippen molar-refractivity contribution in [3.63, 3.8) is 0 Å². The Morgan fingerprint density at radius 2 is 0.938 bits per heavy atom. The quantitative estimate of drug-likeness (QED) is 0.232. The van der Waals surface area contributed by atoms with Crippen molar-refractivity contribution >= 4 is 22.3 Å². The van der Waals surface area contributed by atoms with E-state index in [9.17, 15) is 19.8 Å². The van der Waals surface area contributed by atoms with Crippen molar-refractivity contribution in [2.24, 2.45) is 0 Å². The Morgan fingerprint density at radius 3 is 1.19 bits per heavy atom. The Bertz CT molecular complexity index is 1270. The average Bonchev–Trinajstić information content (AvgIpc) is 3.34. The summed E-state index contributed by atoms with van der Waals surface area (Å²) in [6.07, 6.45) is 8.52. The maximum Gasteiger partial charge on any atom is 0.394 e. The number of aliphatic hydroxyl groups is 2. The molecule has 6 rings (SSSR count). The predicted octanol–water partition coefficient (Wildman–Crippen LogP) is 2.38. The molecule has 268 valence electrons. The van der Waals surface area contributed by atoms with Crippen LogP contribution in [0.25, 0.3) is 0 Å². The number of aliphatic hydroxyl groups excluding tert-OH is 2. The van der Waals surface area contributed by atoms with Crippen LogP contribution in [-0.4, -0.2) is 119 Å². The van der Waals surface area contributed by atoms with Crippen LogP contribution in [0.15, 0.2) is 60.7 Å². The summed E-state index contributed by atoms with van der Waals surface area (Å²) in [7, 11) is -0.332. The molecular formula is C34H50N2O11S. The van der Waals surface area contributed by atoms with Crippen molar-refractivity contribution in [1.29, 1.82) is 0 Å². The first kappa shape index (κ1) is 39.5. The van der Waals surface area contributed by atoms with Crippen LogP contribution in [0, 0.1) is 0 Å². The zero-order valence-electron chi connectivity index (χ0n) is 27.5. The number of carbonyl (C=O) groups excluding carboxylic acids is 2. The normalized spacial score (nSPS) is 27.5. The van der Waals surface area contributed by atoms with Gasteiger partial charge in [0.1, 0.15) is 24.0 Å². The van der Waals surface area contributed by atoms with E-state index in [0.717, 1.165) is 36.8 Å². The maximum absolute atomic E-state index is 12.4. The Kier molecular flexibility index (Phi) is 14.9. The molecule has 2 aromatic carbocycles. The summed E-state index contributed by atoms with van der Waals surface area (Å²) in [5.74, 6) is -1.72. The van der Waals surface area contributed by atoms with E-state index in [1.165, 1.54) is 25.7 Å². The molecule has 13 nitrogen and oxygen atoms in total. The molecular weight excluding hydrogens is 644 g/mol. The van der Waals surface area contributed by atoms with Crippen LogP contribution in [-0.2, 0) is 29.5 Å². The van der Waals surface area contributed by atoms with Gasteiger partial charge >= 0.3 is 22.3 Å². The van der Waals surface area contributed by atoms with Crippen LogP contribution in [0.4, 0.5) is 0 Å².